The third kappa shape index (κ3) is 6.14. The second kappa shape index (κ2) is 11.3. The van der Waals surface area contributed by atoms with Gasteiger partial charge in [0.05, 0.1) is 25.6 Å². The molecular formula is C22H25N3O5S. The molecule has 1 amide bonds. The largest absolute Gasteiger partial charge is 0.490 e. The molecule has 1 aromatic heterocycles. The molecule has 0 atom stereocenters. The number of anilines is 1. The Hall–Kier alpha value is -3.20. The van der Waals surface area contributed by atoms with Crippen molar-refractivity contribution < 1.29 is 23.4 Å². The van der Waals surface area contributed by atoms with Crippen LogP contribution in [0, 0.1) is 0 Å². The third-order valence-electron chi connectivity index (χ3n) is 3.94. The van der Waals surface area contributed by atoms with Gasteiger partial charge < -0.3 is 18.6 Å². The Morgan fingerprint density at radius 1 is 0.968 bits per heavy atom. The summed E-state index contributed by atoms with van der Waals surface area (Å²) >= 11 is 1.42. The maximum absolute atomic E-state index is 12.2. The Kier molecular flexibility index (Phi) is 8.17. The van der Waals surface area contributed by atoms with Crippen LogP contribution in [0.2, 0.25) is 0 Å². The quantitative estimate of drug-likeness (QED) is 0.427. The summed E-state index contributed by atoms with van der Waals surface area (Å²) in [7, 11) is 0. The fourth-order valence-corrected chi connectivity index (χ4v) is 3.44. The van der Waals surface area contributed by atoms with Crippen LogP contribution in [0.4, 0.5) is 6.01 Å². The van der Waals surface area contributed by atoms with Crippen LogP contribution in [0.5, 0.6) is 17.2 Å². The van der Waals surface area contributed by atoms with E-state index >= 15 is 0 Å². The van der Waals surface area contributed by atoms with E-state index in [0.717, 1.165) is 4.90 Å². The van der Waals surface area contributed by atoms with Gasteiger partial charge in [-0.15, -0.1) is 16.9 Å². The minimum atomic E-state index is -0.235. The van der Waals surface area contributed by atoms with Gasteiger partial charge in [-0.25, -0.2) is 0 Å². The first-order chi connectivity index (χ1) is 15.1. The maximum atomic E-state index is 12.2. The highest BCUT2D eigenvalue weighted by molar-refractivity contribution is 8.00. The van der Waals surface area contributed by atoms with Gasteiger partial charge in [-0.3, -0.25) is 10.1 Å². The van der Waals surface area contributed by atoms with Gasteiger partial charge in [0.1, 0.15) is 0 Å². The van der Waals surface area contributed by atoms with Crippen molar-refractivity contribution in [2.75, 3.05) is 30.9 Å². The van der Waals surface area contributed by atoms with E-state index in [-0.39, 0.29) is 23.6 Å². The highest BCUT2D eigenvalue weighted by Gasteiger charge is 2.19. The number of benzene rings is 2. The highest BCUT2D eigenvalue weighted by atomic mass is 32.2. The van der Waals surface area contributed by atoms with E-state index in [9.17, 15) is 4.79 Å². The van der Waals surface area contributed by atoms with Gasteiger partial charge in [0.2, 0.25) is 17.5 Å². The van der Waals surface area contributed by atoms with E-state index in [1.165, 1.54) is 11.8 Å². The molecule has 0 unspecified atom stereocenters. The van der Waals surface area contributed by atoms with Crippen LogP contribution in [0.15, 0.2) is 51.8 Å². The SMILES string of the molecule is CCOc1cc(-c2nnc(NC(=O)CSc3ccccc3)o2)cc(OCC)c1OCC. The van der Waals surface area contributed by atoms with Crippen LogP contribution in [-0.4, -0.2) is 41.7 Å². The molecular weight excluding hydrogens is 418 g/mol. The van der Waals surface area contributed by atoms with Crippen molar-refractivity contribution in [1.29, 1.82) is 0 Å². The Morgan fingerprint density at radius 3 is 2.23 bits per heavy atom. The molecule has 31 heavy (non-hydrogen) atoms. The van der Waals surface area contributed by atoms with Gasteiger partial charge in [0, 0.05) is 10.5 Å². The lowest BCUT2D eigenvalue weighted by atomic mass is 10.2. The first kappa shape index (κ1) is 22.5. The first-order valence-electron chi connectivity index (χ1n) is 10.0. The minimum Gasteiger partial charge on any atom is -0.490 e. The molecule has 0 fully saturated rings. The number of rotatable bonds is 11. The van der Waals surface area contributed by atoms with E-state index in [1.807, 2.05) is 51.1 Å². The smallest absolute Gasteiger partial charge is 0.322 e. The van der Waals surface area contributed by atoms with E-state index in [0.29, 0.717) is 42.6 Å². The fraction of sp³-hybridized carbons (Fsp3) is 0.318. The van der Waals surface area contributed by atoms with Crippen LogP contribution in [-0.2, 0) is 4.79 Å². The van der Waals surface area contributed by atoms with Crippen LogP contribution in [0.25, 0.3) is 11.5 Å². The molecule has 0 radical (unpaired) electrons. The van der Waals surface area contributed by atoms with Crippen molar-refractivity contribution >= 4 is 23.7 Å². The Bertz CT molecular complexity index is 967. The highest BCUT2D eigenvalue weighted by Crippen LogP contribution is 2.41. The van der Waals surface area contributed by atoms with Crippen molar-refractivity contribution in [3.63, 3.8) is 0 Å². The van der Waals surface area contributed by atoms with Crippen LogP contribution in [0.3, 0.4) is 0 Å². The topological polar surface area (TPSA) is 95.7 Å². The van der Waals surface area contributed by atoms with Crippen molar-refractivity contribution in [3.8, 4) is 28.7 Å². The average Bonchev–Trinajstić information content (AvgIpc) is 3.24. The second-order valence-electron chi connectivity index (χ2n) is 6.16. The van der Waals surface area contributed by atoms with Gasteiger partial charge in [0.25, 0.3) is 0 Å². The number of aromatic nitrogens is 2. The zero-order valence-corrected chi connectivity index (χ0v) is 18.5. The van der Waals surface area contributed by atoms with Crippen molar-refractivity contribution in [2.24, 2.45) is 0 Å². The predicted octanol–water partition coefficient (Wildman–Crippen LogP) is 4.66. The molecule has 0 saturated carbocycles. The molecule has 8 nitrogen and oxygen atoms in total. The summed E-state index contributed by atoms with van der Waals surface area (Å²) in [6.45, 7) is 7.05. The Morgan fingerprint density at radius 2 is 1.61 bits per heavy atom. The maximum Gasteiger partial charge on any atom is 0.322 e. The van der Waals surface area contributed by atoms with Crippen molar-refractivity contribution in [1.82, 2.24) is 10.2 Å². The minimum absolute atomic E-state index is 0.0264. The number of thioether (sulfide) groups is 1. The lowest BCUT2D eigenvalue weighted by Gasteiger charge is -2.16. The summed E-state index contributed by atoms with van der Waals surface area (Å²) < 4.78 is 22.8. The molecule has 1 heterocycles. The molecule has 0 spiro atoms. The zero-order valence-electron chi connectivity index (χ0n) is 17.7. The summed E-state index contributed by atoms with van der Waals surface area (Å²) in [4.78, 5) is 13.2. The first-order valence-corrected chi connectivity index (χ1v) is 11.0. The number of carbonyl (C=O) groups excluding carboxylic acids is 1. The van der Waals surface area contributed by atoms with Gasteiger partial charge in [-0.1, -0.05) is 23.3 Å². The van der Waals surface area contributed by atoms with Crippen molar-refractivity contribution in [2.45, 2.75) is 25.7 Å². The number of hydrogen-bond donors (Lipinski definition) is 1. The molecule has 0 bridgehead atoms. The molecule has 164 valence electrons. The molecule has 3 rings (SSSR count). The molecule has 9 heteroatoms. The molecule has 3 aromatic rings. The van der Waals surface area contributed by atoms with Crippen LogP contribution in [0.1, 0.15) is 20.8 Å². The van der Waals surface area contributed by atoms with Gasteiger partial charge >= 0.3 is 6.01 Å². The number of hydrogen-bond acceptors (Lipinski definition) is 8. The normalized spacial score (nSPS) is 10.5. The number of amides is 1. The van der Waals surface area contributed by atoms with E-state index in [2.05, 4.69) is 15.5 Å². The molecule has 0 aliphatic carbocycles. The molecule has 0 aliphatic rings. The third-order valence-corrected chi connectivity index (χ3v) is 4.95. The Labute approximate surface area is 185 Å². The number of nitrogens with one attached hydrogen (secondary N) is 1. The van der Waals surface area contributed by atoms with Crippen LogP contribution < -0.4 is 19.5 Å². The van der Waals surface area contributed by atoms with E-state index in [4.69, 9.17) is 18.6 Å². The monoisotopic (exact) mass is 443 g/mol. The van der Waals surface area contributed by atoms with Gasteiger partial charge in [0.15, 0.2) is 11.5 Å². The molecule has 0 saturated heterocycles. The Balaban J connectivity index is 1.75. The van der Waals surface area contributed by atoms with E-state index in [1.54, 1.807) is 12.1 Å². The summed E-state index contributed by atoms with van der Waals surface area (Å²) in [5.74, 6) is 1.80. The number of nitrogens with zero attached hydrogens (tertiary/aromatic N) is 2. The summed E-state index contributed by atoms with van der Waals surface area (Å²) in [5.41, 5.74) is 0.599. The van der Waals surface area contributed by atoms with E-state index < -0.39 is 0 Å². The van der Waals surface area contributed by atoms with Gasteiger partial charge in [-0.05, 0) is 45.0 Å². The van der Waals surface area contributed by atoms with Gasteiger partial charge in [-0.2, -0.15) is 0 Å². The summed E-state index contributed by atoms with van der Waals surface area (Å²) in [6.07, 6.45) is 0. The lowest BCUT2D eigenvalue weighted by Crippen LogP contribution is -2.14. The summed E-state index contributed by atoms with van der Waals surface area (Å²) in [6, 6.07) is 13.2. The predicted molar refractivity (Wildman–Crippen MR) is 119 cm³/mol. The fourth-order valence-electron chi connectivity index (χ4n) is 2.72. The molecule has 1 N–H and O–H groups in total. The zero-order chi connectivity index (χ0) is 22.1. The molecule has 0 aliphatic heterocycles. The summed E-state index contributed by atoms with van der Waals surface area (Å²) in [5, 5.41) is 10.6. The lowest BCUT2D eigenvalue weighted by molar-refractivity contribution is -0.113. The average molecular weight is 444 g/mol. The van der Waals surface area contributed by atoms with Crippen molar-refractivity contribution in [3.05, 3.63) is 42.5 Å². The van der Waals surface area contributed by atoms with Crippen LogP contribution >= 0.6 is 11.8 Å². The standard InChI is InChI=1S/C22H25N3O5S/c1-4-27-17-12-15(13-18(28-5-2)20(17)29-6-3)21-24-25-22(30-21)23-19(26)14-31-16-10-8-7-9-11-16/h7-13H,4-6,14H2,1-3H3,(H,23,25,26). The number of carbonyl (C=O) groups is 1. The molecule has 2 aromatic carbocycles. The second-order valence-corrected chi connectivity index (χ2v) is 7.21. The number of ether oxygens (including phenoxy) is 3.